The number of anilines is 1. The van der Waals surface area contributed by atoms with Crippen molar-refractivity contribution in [3.63, 3.8) is 0 Å². The lowest BCUT2D eigenvalue weighted by Gasteiger charge is -2.51. The van der Waals surface area contributed by atoms with Crippen LogP contribution in [0.4, 0.5) is 5.13 Å². The summed E-state index contributed by atoms with van der Waals surface area (Å²) in [4.78, 5) is 48.5. The number of rotatable bonds is 12. The number of thiazole rings is 1. The van der Waals surface area contributed by atoms with Crippen molar-refractivity contribution in [2.24, 2.45) is 17.9 Å². The number of carboxylic acids is 1. The van der Waals surface area contributed by atoms with Gasteiger partial charge in [0, 0.05) is 18.5 Å². The highest BCUT2D eigenvalue weighted by Gasteiger charge is 2.58. The van der Waals surface area contributed by atoms with Crippen LogP contribution in [0.15, 0.2) is 41.1 Å². The number of aromatic nitrogens is 3. The number of hydrogen-bond donors (Lipinski definition) is 5. The maximum Gasteiger partial charge on any atom is 0.354 e. The fraction of sp³-hybridized carbons (Fsp3) is 0.467. The number of hydrogen-bond acceptors (Lipinski definition) is 15. The summed E-state index contributed by atoms with van der Waals surface area (Å²) in [5, 5.41) is 21.6. The van der Waals surface area contributed by atoms with E-state index in [1.54, 1.807) is 6.07 Å². The van der Waals surface area contributed by atoms with Gasteiger partial charge in [0.25, 0.3) is 17.4 Å². The van der Waals surface area contributed by atoms with Crippen molar-refractivity contribution in [2.75, 3.05) is 18.8 Å². The number of carbonyl (C=O) groups excluding carboxylic acids is 2. The molecule has 0 radical (unpaired) electrons. The molecule has 3 aromatic rings. The zero-order chi connectivity index (χ0) is 37.1. The average molecular weight is 748 g/mol. The Hall–Kier alpha value is -4.67. The Balaban J connectivity index is 1.20. The Morgan fingerprint density at radius 2 is 2.06 bits per heavy atom. The third kappa shape index (κ3) is 6.99. The molecule has 2 saturated heterocycles. The third-order valence-electron chi connectivity index (χ3n) is 9.25. The van der Waals surface area contributed by atoms with E-state index >= 15 is 0 Å². The molecule has 2 fully saturated rings. The molecule has 51 heavy (non-hydrogen) atoms. The fourth-order valence-corrected chi connectivity index (χ4v) is 7.09. The van der Waals surface area contributed by atoms with Crippen LogP contribution in [-0.4, -0.2) is 98.2 Å². The second-order valence-electron chi connectivity index (χ2n) is 13.5. The van der Waals surface area contributed by atoms with Gasteiger partial charge in [0.2, 0.25) is 16.6 Å². The summed E-state index contributed by atoms with van der Waals surface area (Å²) in [5.41, 5.74) is 10.5. The summed E-state index contributed by atoms with van der Waals surface area (Å²) >= 11 is 0.965. The number of carbonyl (C=O) groups is 3. The molecule has 19 nitrogen and oxygen atoms in total. The number of carboxylic acid groups (broad SMARTS) is 1. The summed E-state index contributed by atoms with van der Waals surface area (Å²) in [6, 6.07) is 4.26. The molecule has 0 aliphatic carbocycles. The van der Waals surface area contributed by atoms with Gasteiger partial charge in [-0.05, 0) is 56.9 Å². The SMILES string of the molecule is C[n+]1cc(-c2ccc3c(c2)CC[C@H](C(C)(O/N=C(\C(=O)N[C@@H]2C(=O)N(OS(=O)(=O)[O-])C2(C)C)c2csc(N)n2)C(=O)O)O3)cn1CC1(N)CNC1. The number of fused-ring (bicyclic) bond motifs is 1. The van der Waals surface area contributed by atoms with Crippen LogP contribution in [0.5, 0.6) is 5.75 Å². The molecule has 5 heterocycles. The van der Waals surface area contributed by atoms with Crippen LogP contribution in [0.2, 0.25) is 0 Å². The largest absolute Gasteiger partial charge is 0.724 e. The fourth-order valence-electron chi connectivity index (χ4n) is 6.10. The van der Waals surface area contributed by atoms with Crippen molar-refractivity contribution in [2.45, 2.75) is 69.0 Å². The Labute approximate surface area is 296 Å². The van der Waals surface area contributed by atoms with Gasteiger partial charge < -0.3 is 41.3 Å². The molecule has 3 aliphatic rings. The lowest BCUT2D eigenvalue weighted by Crippen LogP contribution is -2.76. The quantitative estimate of drug-likeness (QED) is 0.0363. The van der Waals surface area contributed by atoms with Crippen LogP contribution in [0.1, 0.15) is 38.4 Å². The van der Waals surface area contributed by atoms with E-state index in [1.165, 1.54) is 26.2 Å². The number of nitrogens with two attached hydrogens (primary N) is 2. The second kappa shape index (κ2) is 12.8. The molecule has 1 unspecified atom stereocenters. The lowest BCUT2D eigenvalue weighted by molar-refractivity contribution is -0.754. The predicted molar refractivity (Wildman–Crippen MR) is 177 cm³/mol. The number of nitrogens with zero attached hydrogens (tertiary/aromatic N) is 5. The molecule has 0 saturated carbocycles. The molecule has 274 valence electrons. The van der Waals surface area contributed by atoms with E-state index in [0.717, 1.165) is 41.1 Å². The molecule has 21 heteroatoms. The third-order valence-corrected chi connectivity index (χ3v) is 10.3. The van der Waals surface area contributed by atoms with Crippen molar-refractivity contribution in [1.82, 2.24) is 25.4 Å². The van der Waals surface area contributed by atoms with Crippen LogP contribution in [0.25, 0.3) is 11.1 Å². The molecule has 1 aromatic carbocycles. The summed E-state index contributed by atoms with van der Waals surface area (Å²) < 4.78 is 47.7. The maximum absolute atomic E-state index is 13.5. The highest BCUT2D eigenvalue weighted by Crippen LogP contribution is 2.37. The van der Waals surface area contributed by atoms with Crippen LogP contribution >= 0.6 is 11.3 Å². The number of β-lactam (4-membered cyclic amide) rings is 1. The van der Waals surface area contributed by atoms with Gasteiger partial charge in [-0.1, -0.05) is 11.2 Å². The minimum Gasteiger partial charge on any atom is -0.724 e. The first-order chi connectivity index (χ1) is 23.8. The molecular formula is C30H37N9O10S2. The number of amides is 2. The van der Waals surface area contributed by atoms with E-state index in [2.05, 4.69) is 29.7 Å². The number of nitrogen functional groups attached to an aromatic ring is 1. The summed E-state index contributed by atoms with van der Waals surface area (Å²) in [6.07, 6.45) is 3.65. The normalized spacial score (nSPS) is 22.1. The van der Waals surface area contributed by atoms with Gasteiger partial charge in [0.15, 0.2) is 24.0 Å². The van der Waals surface area contributed by atoms with Gasteiger partial charge in [-0.2, -0.15) is 14.0 Å². The number of oxime groups is 1. The minimum absolute atomic E-state index is 0.0580. The van der Waals surface area contributed by atoms with Crippen LogP contribution in [0, 0.1) is 0 Å². The van der Waals surface area contributed by atoms with Gasteiger partial charge >= 0.3 is 5.97 Å². The van der Waals surface area contributed by atoms with Gasteiger partial charge in [0.1, 0.15) is 17.5 Å². The Morgan fingerprint density at radius 1 is 1.33 bits per heavy atom. The van der Waals surface area contributed by atoms with Crippen molar-refractivity contribution in [3.8, 4) is 16.9 Å². The average Bonchev–Trinajstić information content (AvgIpc) is 3.64. The standard InChI is InChI=1S/C30H37N9O10S2/c1-28(2)23(25(41)39(28)49-51(44,45)46)35-24(40)22(19-12-50-27(31)34-19)36-48-29(3,26(42)43)21-8-6-17-9-16(5-7-20(17)47-21)18-10-37(4)38(11-18)15-30(32)13-33-14-30/h5,7,9-12,21,23,33H,6,8,13-15,32H2,1-4H3,(H4-,31,34,35,40,42,43,44,45,46)/b36-22-/t21-,23-,29?/m1/s1. The minimum atomic E-state index is -5.28. The maximum atomic E-state index is 13.5. The Bertz CT molecular complexity index is 2040. The van der Waals surface area contributed by atoms with Gasteiger partial charge in [-0.25, -0.2) is 18.2 Å². The first kappa shape index (κ1) is 36.1. The van der Waals surface area contributed by atoms with E-state index in [4.69, 9.17) is 21.0 Å². The van der Waals surface area contributed by atoms with Crippen LogP contribution in [-0.2, 0) is 53.9 Å². The van der Waals surface area contributed by atoms with Crippen molar-refractivity contribution in [1.29, 1.82) is 0 Å². The van der Waals surface area contributed by atoms with Gasteiger partial charge in [-0.15, -0.1) is 16.0 Å². The monoisotopic (exact) mass is 747 g/mol. The Kier molecular flexibility index (Phi) is 9.09. The molecule has 0 bridgehead atoms. The first-order valence-corrected chi connectivity index (χ1v) is 17.9. The number of aryl methyl sites for hydroxylation is 2. The van der Waals surface area contributed by atoms with E-state index in [0.29, 0.717) is 23.8 Å². The van der Waals surface area contributed by atoms with Crippen LogP contribution < -0.4 is 31.5 Å². The number of ether oxygens (including phenoxy) is 1. The smallest absolute Gasteiger partial charge is 0.354 e. The number of aliphatic carboxylic acids is 1. The van der Waals surface area contributed by atoms with E-state index < -0.39 is 57.2 Å². The van der Waals surface area contributed by atoms with Crippen molar-refractivity contribution < 1.29 is 51.0 Å². The van der Waals surface area contributed by atoms with Crippen molar-refractivity contribution >= 4 is 50.4 Å². The lowest BCUT2D eigenvalue weighted by atomic mass is 9.84. The predicted octanol–water partition coefficient (Wildman–Crippen LogP) is -1.23. The molecular weight excluding hydrogens is 711 g/mol. The zero-order valence-corrected chi connectivity index (χ0v) is 29.6. The summed E-state index contributed by atoms with van der Waals surface area (Å²) in [5.74, 6) is -3.02. The molecule has 2 aromatic heterocycles. The van der Waals surface area contributed by atoms with Gasteiger partial charge in [0.05, 0.1) is 29.4 Å². The topological polar surface area (TPSA) is 270 Å². The number of nitrogens with one attached hydrogen (secondary N) is 2. The highest BCUT2D eigenvalue weighted by molar-refractivity contribution is 7.80. The summed E-state index contributed by atoms with van der Waals surface area (Å²) in [7, 11) is -3.33. The number of hydroxylamine groups is 2. The van der Waals surface area contributed by atoms with Crippen LogP contribution in [0.3, 0.4) is 0 Å². The van der Waals surface area contributed by atoms with E-state index in [1.807, 2.05) is 36.3 Å². The molecule has 0 spiro atoms. The zero-order valence-electron chi connectivity index (χ0n) is 28.0. The molecule has 3 aliphatic heterocycles. The molecule has 7 N–H and O–H groups in total. The van der Waals surface area contributed by atoms with Gasteiger partial charge in [-0.3, -0.25) is 9.59 Å². The molecule has 3 atom stereocenters. The molecule has 2 amide bonds. The first-order valence-electron chi connectivity index (χ1n) is 15.7. The van der Waals surface area contributed by atoms with Crippen molar-refractivity contribution in [3.05, 3.63) is 47.2 Å². The van der Waals surface area contributed by atoms with E-state index in [9.17, 15) is 32.5 Å². The molecule has 6 rings (SSSR count). The Morgan fingerprint density at radius 3 is 2.65 bits per heavy atom. The summed E-state index contributed by atoms with van der Waals surface area (Å²) in [6.45, 7) is 6.09. The van der Waals surface area contributed by atoms with E-state index in [-0.39, 0.29) is 22.8 Å². The highest BCUT2D eigenvalue weighted by atomic mass is 32.3. The second-order valence-corrected chi connectivity index (χ2v) is 15.4. The number of benzene rings is 1.